The second-order valence-corrected chi connectivity index (χ2v) is 16.0. The van der Waals surface area contributed by atoms with E-state index in [-0.39, 0.29) is 0 Å². The van der Waals surface area contributed by atoms with Crippen LogP contribution in [0.5, 0.6) is 0 Å². The van der Waals surface area contributed by atoms with Crippen molar-refractivity contribution in [2.75, 3.05) is 4.90 Å². The lowest BCUT2D eigenvalue weighted by Crippen LogP contribution is -2.17. The van der Waals surface area contributed by atoms with Crippen molar-refractivity contribution < 1.29 is 4.42 Å². The number of para-hydroxylation sites is 1. The lowest BCUT2D eigenvalue weighted by atomic mass is 9.95. The Hall–Kier alpha value is -7.94. The molecule has 0 atom stereocenters. The normalized spacial score (nSPS) is 11.7. The van der Waals surface area contributed by atoms with Gasteiger partial charge in [-0.3, -0.25) is 0 Å². The van der Waals surface area contributed by atoms with Crippen molar-refractivity contribution in [2.45, 2.75) is 6.54 Å². The van der Waals surface area contributed by atoms with E-state index in [9.17, 15) is 0 Å². The summed E-state index contributed by atoms with van der Waals surface area (Å²) in [5.74, 6) is 0. The first-order chi connectivity index (χ1) is 30.2. The van der Waals surface area contributed by atoms with E-state index in [2.05, 4.69) is 229 Å². The predicted octanol–water partition coefficient (Wildman–Crippen LogP) is 16.5. The van der Waals surface area contributed by atoms with Gasteiger partial charge in [-0.2, -0.15) is 0 Å². The summed E-state index contributed by atoms with van der Waals surface area (Å²) in [5.41, 5.74) is 12.4. The Bertz CT molecular complexity index is 3630. The molecule has 0 radical (unpaired) electrons. The fraction of sp³-hybridized carbons (Fsp3) is 0.0169. The van der Waals surface area contributed by atoms with Crippen LogP contribution in [-0.2, 0) is 6.54 Å². The molecule has 0 saturated heterocycles. The SMILES string of the molecule is c1cc(-c2cccc3ccccc23)cc(N(Cc2ccccc2-c2cccc3c2oc2c4ccccc4ccc32)c2ccc(-c3ccc4c(ccc5ccccc54)c3)cc2)c1. The quantitative estimate of drug-likeness (QED) is 0.150. The summed E-state index contributed by atoms with van der Waals surface area (Å²) in [6.45, 7) is 0.650. The second kappa shape index (κ2) is 14.4. The summed E-state index contributed by atoms with van der Waals surface area (Å²) in [6, 6.07) is 81.5. The standard InChI is InChI=1S/C59H39NO/c1-5-19-49-40(12-1)16-10-23-51(49)44-17-9-18-48(37-44)60(47-32-28-39(29-33-47)43-31-34-53-45(36-43)27-26-41-13-2-6-20-50(41)53)38-46-15-4-7-21-52(46)55-24-11-25-56-57-35-30-42-14-3-8-22-54(42)58(57)61-59(55)56/h1-37H,38H2. The zero-order valence-electron chi connectivity index (χ0n) is 33.4. The van der Waals surface area contributed by atoms with Crippen LogP contribution >= 0.6 is 0 Å². The van der Waals surface area contributed by atoms with Gasteiger partial charge in [0, 0.05) is 39.6 Å². The van der Waals surface area contributed by atoms with Crippen LogP contribution in [0.15, 0.2) is 229 Å². The maximum atomic E-state index is 6.87. The van der Waals surface area contributed by atoms with Gasteiger partial charge in [0.25, 0.3) is 0 Å². The molecule has 0 unspecified atom stereocenters. The van der Waals surface area contributed by atoms with Crippen LogP contribution < -0.4 is 4.90 Å². The summed E-state index contributed by atoms with van der Waals surface area (Å²) in [4.78, 5) is 2.45. The molecule has 61 heavy (non-hydrogen) atoms. The number of rotatable bonds is 7. The van der Waals surface area contributed by atoms with E-state index in [0.29, 0.717) is 6.54 Å². The fourth-order valence-electron chi connectivity index (χ4n) is 9.51. The molecule has 2 heteroatoms. The molecule has 11 aromatic carbocycles. The van der Waals surface area contributed by atoms with Gasteiger partial charge in [0.15, 0.2) is 0 Å². The highest BCUT2D eigenvalue weighted by atomic mass is 16.3. The molecule has 2 nitrogen and oxygen atoms in total. The van der Waals surface area contributed by atoms with Crippen LogP contribution in [0.25, 0.3) is 98.4 Å². The molecule has 0 aliphatic rings. The topological polar surface area (TPSA) is 16.4 Å². The summed E-state index contributed by atoms with van der Waals surface area (Å²) in [6.07, 6.45) is 0. The number of fused-ring (bicyclic) bond motifs is 9. The third-order valence-electron chi connectivity index (χ3n) is 12.5. The monoisotopic (exact) mass is 777 g/mol. The fourth-order valence-corrected chi connectivity index (χ4v) is 9.51. The third kappa shape index (κ3) is 6.03. The van der Waals surface area contributed by atoms with Gasteiger partial charge in [0.1, 0.15) is 11.2 Å². The highest BCUT2D eigenvalue weighted by molar-refractivity contribution is 6.17. The Morgan fingerprint density at radius 2 is 0.852 bits per heavy atom. The average molecular weight is 778 g/mol. The molecule has 12 rings (SSSR count). The highest BCUT2D eigenvalue weighted by Crippen LogP contribution is 2.42. The van der Waals surface area contributed by atoms with E-state index in [0.717, 1.165) is 49.8 Å². The van der Waals surface area contributed by atoms with Crippen LogP contribution in [0, 0.1) is 0 Å². The van der Waals surface area contributed by atoms with E-state index in [1.165, 1.54) is 65.5 Å². The number of nitrogens with zero attached hydrogens (tertiary/aromatic N) is 1. The number of benzene rings is 11. The van der Waals surface area contributed by atoms with Gasteiger partial charge in [0.2, 0.25) is 0 Å². The molecule has 0 fully saturated rings. The number of furan rings is 1. The molecule has 0 amide bonds. The lowest BCUT2D eigenvalue weighted by Gasteiger charge is -2.27. The minimum absolute atomic E-state index is 0.650. The van der Waals surface area contributed by atoms with E-state index in [4.69, 9.17) is 4.42 Å². The largest absolute Gasteiger partial charge is 0.455 e. The van der Waals surface area contributed by atoms with Gasteiger partial charge in [-0.05, 0) is 107 Å². The number of hydrogen-bond donors (Lipinski definition) is 0. The molecular formula is C59H39NO. The van der Waals surface area contributed by atoms with Crippen LogP contribution in [0.2, 0.25) is 0 Å². The van der Waals surface area contributed by atoms with Gasteiger partial charge < -0.3 is 9.32 Å². The van der Waals surface area contributed by atoms with Crippen molar-refractivity contribution in [1.29, 1.82) is 0 Å². The van der Waals surface area contributed by atoms with E-state index < -0.39 is 0 Å². The molecule has 1 aromatic heterocycles. The van der Waals surface area contributed by atoms with E-state index >= 15 is 0 Å². The minimum atomic E-state index is 0.650. The van der Waals surface area contributed by atoms with Gasteiger partial charge in [0.05, 0.1) is 0 Å². The van der Waals surface area contributed by atoms with Crippen molar-refractivity contribution in [3.63, 3.8) is 0 Å². The summed E-state index contributed by atoms with van der Waals surface area (Å²) in [7, 11) is 0. The summed E-state index contributed by atoms with van der Waals surface area (Å²) in [5, 5.41) is 12.1. The molecule has 0 aliphatic heterocycles. The Labute approximate surface area is 354 Å². The molecule has 286 valence electrons. The number of hydrogen-bond acceptors (Lipinski definition) is 2. The molecule has 12 aromatic rings. The Morgan fingerprint density at radius 1 is 0.295 bits per heavy atom. The van der Waals surface area contributed by atoms with Gasteiger partial charge >= 0.3 is 0 Å². The molecule has 0 N–H and O–H groups in total. The Balaban J connectivity index is 0.980. The summed E-state index contributed by atoms with van der Waals surface area (Å²) < 4.78 is 6.87. The van der Waals surface area contributed by atoms with Gasteiger partial charge in [-0.1, -0.05) is 188 Å². The maximum Gasteiger partial charge on any atom is 0.143 e. The first-order valence-electron chi connectivity index (χ1n) is 21.0. The zero-order chi connectivity index (χ0) is 40.3. The van der Waals surface area contributed by atoms with Crippen LogP contribution in [0.1, 0.15) is 5.56 Å². The zero-order valence-corrected chi connectivity index (χ0v) is 33.4. The van der Waals surface area contributed by atoms with E-state index in [1.54, 1.807) is 0 Å². The van der Waals surface area contributed by atoms with Crippen molar-refractivity contribution in [1.82, 2.24) is 0 Å². The first kappa shape index (κ1) is 35.0. The molecule has 0 aliphatic carbocycles. The summed E-state index contributed by atoms with van der Waals surface area (Å²) >= 11 is 0. The average Bonchev–Trinajstić information content (AvgIpc) is 3.73. The molecule has 0 bridgehead atoms. The Morgan fingerprint density at radius 3 is 1.72 bits per heavy atom. The Kier molecular flexibility index (Phi) is 8.28. The van der Waals surface area contributed by atoms with Crippen LogP contribution in [-0.4, -0.2) is 0 Å². The number of anilines is 2. The van der Waals surface area contributed by atoms with Crippen molar-refractivity contribution in [2.24, 2.45) is 0 Å². The second-order valence-electron chi connectivity index (χ2n) is 16.0. The van der Waals surface area contributed by atoms with Crippen LogP contribution in [0.3, 0.4) is 0 Å². The van der Waals surface area contributed by atoms with Gasteiger partial charge in [-0.15, -0.1) is 0 Å². The molecule has 1 heterocycles. The lowest BCUT2D eigenvalue weighted by molar-refractivity contribution is 0.673. The van der Waals surface area contributed by atoms with E-state index in [1.807, 2.05) is 0 Å². The minimum Gasteiger partial charge on any atom is -0.455 e. The van der Waals surface area contributed by atoms with Crippen molar-refractivity contribution in [3.05, 3.63) is 230 Å². The van der Waals surface area contributed by atoms with Crippen molar-refractivity contribution in [3.8, 4) is 33.4 Å². The maximum absolute atomic E-state index is 6.87. The first-order valence-corrected chi connectivity index (χ1v) is 21.0. The predicted molar refractivity (Wildman–Crippen MR) is 259 cm³/mol. The van der Waals surface area contributed by atoms with Crippen molar-refractivity contribution >= 4 is 76.4 Å². The molecular weight excluding hydrogens is 739 g/mol. The third-order valence-corrected chi connectivity index (χ3v) is 12.5. The molecule has 0 saturated carbocycles. The molecule has 0 spiro atoms. The highest BCUT2D eigenvalue weighted by Gasteiger charge is 2.19. The van der Waals surface area contributed by atoms with Gasteiger partial charge in [-0.25, -0.2) is 0 Å². The van der Waals surface area contributed by atoms with Crippen LogP contribution in [0.4, 0.5) is 11.4 Å². The smallest absolute Gasteiger partial charge is 0.143 e.